The predicted molar refractivity (Wildman–Crippen MR) is 86.1 cm³/mol. The molecule has 1 N–H and O–H groups in total. The molecule has 3 aromatic rings. The fourth-order valence-electron chi connectivity index (χ4n) is 2.81. The van der Waals surface area contributed by atoms with Gasteiger partial charge >= 0.3 is 18.2 Å². The summed E-state index contributed by atoms with van der Waals surface area (Å²) in [4.78, 5) is 6.15. The molecule has 7 nitrogen and oxygen atoms in total. The number of benzene rings is 1. The summed E-state index contributed by atoms with van der Waals surface area (Å²) in [6.07, 6.45) is -2.29. The van der Waals surface area contributed by atoms with Gasteiger partial charge in [0, 0.05) is 6.07 Å². The molecule has 4 rings (SSSR count). The summed E-state index contributed by atoms with van der Waals surface area (Å²) < 4.78 is 49.5. The van der Waals surface area contributed by atoms with E-state index in [0.29, 0.717) is 12.4 Å². The van der Waals surface area contributed by atoms with E-state index in [1.54, 1.807) is 0 Å². The van der Waals surface area contributed by atoms with Crippen LogP contribution in [0.1, 0.15) is 24.3 Å². The molecule has 1 fully saturated rings. The zero-order valence-electron chi connectivity index (χ0n) is 13.3. The smallest absolute Gasteiger partial charge is 0.417 e. The highest BCUT2D eigenvalue weighted by Crippen LogP contribution is 2.37. The number of nitrogens with one attached hydrogen (secondary N) is 1. The van der Waals surface area contributed by atoms with Crippen molar-refractivity contribution in [3.63, 3.8) is 0 Å². The highest BCUT2D eigenvalue weighted by Gasteiger charge is 2.34. The number of aromatic nitrogens is 3. The molecule has 0 spiro atoms. The Kier molecular flexibility index (Phi) is 4.23. The molecule has 0 amide bonds. The summed E-state index contributed by atoms with van der Waals surface area (Å²) in [5.74, 6) is 0.438. The number of fused-ring (bicyclic) bond motifs is 1. The van der Waals surface area contributed by atoms with E-state index in [2.05, 4.69) is 25.4 Å². The van der Waals surface area contributed by atoms with Crippen LogP contribution in [0, 0.1) is 0 Å². The first-order valence-electron chi connectivity index (χ1n) is 7.87. The molecule has 0 bridgehead atoms. The van der Waals surface area contributed by atoms with Crippen molar-refractivity contribution in [2.45, 2.75) is 25.6 Å². The number of likely N-dealkylation sites (tertiary alicyclic amines) is 1. The third-order valence-electron chi connectivity index (χ3n) is 4.02. The van der Waals surface area contributed by atoms with Crippen molar-refractivity contribution in [1.82, 2.24) is 20.1 Å². The van der Waals surface area contributed by atoms with Crippen LogP contribution in [0.4, 0.5) is 25.2 Å². The summed E-state index contributed by atoms with van der Waals surface area (Å²) in [5, 5.41) is 9.96. The van der Waals surface area contributed by atoms with Gasteiger partial charge in [0.15, 0.2) is 5.58 Å². The molecule has 0 aliphatic carbocycles. The maximum absolute atomic E-state index is 12.9. The van der Waals surface area contributed by atoms with Crippen LogP contribution in [0.25, 0.3) is 11.1 Å². The average Bonchev–Trinajstić information content (AvgIpc) is 3.27. The van der Waals surface area contributed by atoms with Gasteiger partial charge in [0.1, 0.15) is 5.52 Å². The van der Waals surface area contributed by atoms with Crippen molar-refractivity contribution >= 4 is 34.7 Å². The number of oxazole rings is 1. The molecule has 2 aromatic heterocycles. The Hall–Kier alpha value is -2.33. The van der Waals surface area contributed by atoms with E-state index in [0.717, 1.165) is 38.1 Å². The maximum atomic E-state index is 12.9. The molecule has 0 radical (unpaired) electrons. The molecular weight excluding hydrogens is 375 g/mol. The third-order valence-corrected chi connectivity index (χ3v) is 4.33. The van der Waals surface area contributed by atoms with Crippen LogP contribution >= 0.6 is 11.6 Å². The van der Waals surface area contributed by atoms with Gasteiger partial charge in [0.2, 0.25) is 5.89 Å². The standard InChI is InChI=1S/C15H13ClF3N5O2/c16-9-6-11-10(5-8(9)15(17,18)19)20-13(25-11)21-14-23-22-12(26-14)7-24-3-1-2-4-24/h5-6H,1-4,7H2,(H,20,21,23). The molecule has 1 saturated heterocycles. The molecule has 1 aliphatic heterocycles. The number of hydrogen-bond donors (Lipinski definition) is 1. The van der Waals surface area contributed by atoms with Gasteiger partial charge in [-0.1, -0.05) is 16.7 Å². The lowest BCUT2D eigenvalue weighted by molar-refractivity contribution is -0.137. The topological polar surface area (TPSA) is 80.2 Å². The van der Waals surface area contributed by atoms with Crippen molar-refractivity contribution in [3.05, 3.63) is 28.6 Å². The summed E-state index contributed by atoms with van der Waals surface area (Å²) in [5.41, 5.74) is -0.847. The van der Waals surface area contributed by atoms with E-state index in [9.17, 15) is 13.2 Å². The van der Waals surface area contributed by atoms with Gasteiger partial charge in [-0.3, -0.25) is 10.2 Å². The zero-order valence-corrected chi connectivity index (χ0v) is 14.1. The van der Waals surface area contributed by atoms with Crippen LogP contribution in [0.3, 0.4) is 0 Å². The third kappa shape index (κ3) is 3.47. The van der Waals surface area contributed by atoms with Crippen LogP contribution in [-0.2, 0) is 12.7 Å². The maximum Gasteiger partial charge on any atom is 0.417 e. The van der Waals surface area contributed by atoms with E-state index in [-0.39, 0.29) is 23.1 Å². The first-order valence-corrected chi connectivity index (χ1v) is 8.25. The molecule has 1 aromatic carbocycles. The lowest BCUT2D eigenvalue weighted by Gasteiger charge is -2.10. The van der Waals surface area contributed by atoms with Gasteiger partial charge in [-0.05, 0) is 32.0 Å². The van der Waals surface area contributed by atoms with Gasteiger partial charge in [0.05, 0.1) is 17.1 Å². The fourth-order valence-corrected chi connectivity index (χ4v) is 3.07. The molecule has 0 unspecified atom stereocenters. The molecular formula is C15H13ClF3N5O2. The highest BCUT2D eigenvalue weighted by atomic mass is 35.5. The Labute approximate surface area is 150 Å². The number of anilines is 2. The van der Waals surface area contributed by atoms with Gasteiger partial charge in [-0.2, -0.15) is 18.2 Å². The molecule has 3 heterocycles. The van der Waals surface area contributed by atoms with Crippen molar-refractivity contribution in [2.24, 2.45) is 0 Å². The molecule has 11 heteroatoms. The monoisotopic (exact) mass is 387 g/mol. The van der Waals surface area contributed by atoms with Crippen molar-refractivity contribution in [1.29, 1.82) is 0 Å². The highest BCUT2D eigenvalue weighted by molar-refractivity contribution is 6.32. The number of nitrogens with zero attached hydrogens (tertiary/aromatic N) is 4. The van der Waals surface area contributed by atoms with Crippen LogP contribution in [-0.4, -0.2) is 33.2 Å². The number of hydrogen-bond acceptors (Lipinski definition) is 7. The lowest BCUT2D eigenvalue weighted by Crippen LogP contribution is -2.18. The van der Waals surface area contributed by atoms with Gasteiger partial charge in [-0.25, -0.2) is 0 Å². The van der Waals surface area contributed by atoms with E-state index < -0.39 is 16.8 Å². The van der Waals surface area contributed by atoms with Crippen LogP contribution in [0.15, 0.2) is 21.0 Å². The minimum atomic E-state index is -4.57. The molecule has 138 valence electrons. The van der Waals surface area contributed by atoms with E-state index in [1.807, 2.05) is 0 Å². The SMILES string of the molecule is FC(F)(F)c1cc2nc(Nc3nnc(CN4CCCC4)o3)oc2cc1Cl. The summed E-state index contributed by atoms with van der Waals surface area (Å²) in [6, 6.07) is 1.89. The van der Waals surface area contributed by atoms with Gasteiger partial charge in [0.25, 0.3) is 0 Å². The predicted octanol–water partition coefficient (Wildman–Crippen LogP) is 4.22. The second-order valence-corrected chi connectivity index (χ2v) is 6.33. The van der Waals surface area contributed by atoms with Crippen molar-refractivity contribution in [2.75, 3.05) is 18.4 Å². The van der Waals surface area contributed by atoms with E-state index in [1.165, 1.54) is 0 Å². The Morgan fingerprint density at radius 3 is 2.62 bits per heavy atom. The summed E-state index contributed by atoms with van der Waals surface area (Å²) in [6.45, 7) is 2.52. The van der Waals surface area contributed by atoms with Crippen LogP contribution in [0.2, 0.25) is 5.02 Å². The van der Waals surface area contributed by atoms with Crippen molar-refractivity contribution < 1.29 is 22.0 Å². The minimum Gasteiger partial charge on any atom is -0.423 e. The first kappa shape index (κ1) is 17.1. The molecule has 0 saturated carbocycles. The molecule has 0 atom stereocenters. The zero-order chi connectivity index (χ0) is 18.3. The second-order valence-electron chi connectivity index (χ2n) is 5.93. The molecule has 26 heavy (non-hydrogen) atoms. The Bertz CT molecular complexity index is 933. The summed E-state index contributed by atoms with van der Waals surface area (Å²) >= 11 is 5.67. The normalized spacial score (nSPS) is 15.8. The van der Waals surface area contributed by atoms with Crippen LogP contribution in [0.5, 0.6) is 0 Å². The first-order chi connectivity index (χ1) is 12.4. The van der Waals surface area contributed by atoms with Crippen LogP contribution < -0.4 is 5.32 Å². The minimum absolute atomic E-state index is 0.0148. The average molecular weight is 388 g/mol. The van der Waals surface area contributed by atoms with E-state index >= 15 is 0 Å². The summed E-state index contributed by atoms with van der Waals surface area (Å²) in [7, 11) is 0. The number of alkyl halides is 3. The second kappa shape index (κ2) is 6.44. The molecule has 1 aliphatic rings. The van der Waals surface area contributed by atoms with E-state index in [4.69, 9.17) is 20.4 Å². The van der Waals surface area contributed by atoms with Crippen molar-refractivity contribution in [3.8, 4) is 0 Å². The Balaban J connectivity index is 1.53. The Morgan fingerprint density at radius 2 is 1.88 bits per heavy atom. The fraction of sp³-hybridized carbons (Fsp3) is 0.400. The lowest BCUT2D eigenvalue weighted by atomic mass is 10.2. The Morgan fingerprint density at radius 1 is 1.12 bits per heavy atom. The quantitative estimate of drug-likeness (QED) is 0.717. The number of halogens is 4. The van der Waals surface area contributed by atoms with Gasteiger partial charge in [-0.15, -0.1) is 5.10 Å². The van der Waals surface area contributed by atoms with Gasteiger partial charge < -0.3 is 8.83 Å². The largest absolute Gasteiger partial charge is 0.423 e. The number of rotatable bonds is 4.